The maximum atomic E-state index is 12.8. The van der Waals surface area contributed by atoms with E-state index in [1.807, 2.05) is 30.3 Å². The molecule has 118 valence electrons. The molecule has 1 amide bonds. The van der Waals surface area contributed by atoms with Gasteiger partial charge in [-0.3, -0.25) is 4.79 Å². The van der Waals surface area contributed by atoms with Crippen molar-refractivity contribution in [2.45, 2.75) is 31.6 Å². The lowest BCUT2D eigenvalue weighted by Crippen LogP contribution is -2.46. The SMILES string of the molecule is Cc1ccc(NC(=O)C2(c3ccccc3)CCC2)cc1C(=O)O. The molecule has 2 N–H and O–H groups in total. The summed E-state index contributed by atoms with van der Waals surface area (Å²) in [5.74, 6) is -1.05. The van der Waals surface area contributed by atoms with Gasteiger partial charge in [0, 0.05) is 5.69 Å². The molecule has 3 rings (SSSR count). The summed E-state index contributed by atoms with van der Waals surface area (Å²) in [5, 5.41) is 12.1. The third kappa shape index (κ3) is 2.72. The van der Waals surface area contributed by atoms with E-state index in [0.717, 1.165) is 24.8 Å². The van der Waals surface area contributed by atoms with Crippen molar-refractivity contribution in [1.82, 2.24) is 0 Å². The highest BCUT2D eigenvalue weighted by Gasteiger charge is 2.45. The Labute approximate surface area is 135 Å². The molecule has 0 bridgehead atoms. The summed E-state index contributed by atoms with van der Waals surface area (Å²) in [4.78, 5) is 24.1. The Bertz CT molecular complexity index is 748. The molecule has 1 aliphatic rings. The van der Waals surface area contributed by atoms with Crippen molar-refractivity contribution < 1.29 is 14.7 Å². The van der Waals surface area contributed by atoms with Gasteiger partial charge in [0.1, 0.15) is 0 Å². The number of aromatic carboxylic acids is 1. The molecule has 0 heterocycles. The van der Waals surface area contributed by atoms with Gasteiger partial charge in [-0.05, 0) is 43.0 Å². The first kappa shape index (κ1) is 15.3. The second-order valence-electron chi connectivity index (χ2n) is 6.09. The van der Waals surface area contributed by atoms with Gasteiger partial charge in [0.2, 0.25) is 5.91 Å². The number of rotatable bonds is 4. The smallest absolute Gasteiger partial charge is 0.336 e. The molecule has 0 saturated heterocycles. The number of carbonyl (C=O) groups excluding carboxylic acids is 1. The zero-order valence-corrected chi connectivity index (χ0v) is 13.0. The van der Waals surface area contributed by atoms with Crippen molar-refractivity contribution in [3.05, 3.63) is 65.2 Å². The normalized spacial score (nSPS) is 15.5. The van der Waals surface area contributed by atoms with Crippen LogP contribution in [-0.4, -0.2) is 17.0 Å². The summed E-state index contributed by atoms with van der Waals surface area (Å²) in [5.41, 5.74) is 1.95. The minimum atomic E-state index is -0.986. The lowest BCUT2D eigenvalue weighted by atomic mass is 9.64. The second kappa shape index (κ2) is 5.88. The fourth-order valence-electron chi connectivity index (χ4n) is 3.12. The molecule has 2 aromatic rings. The highest BCUT2D eigenvalue weighted by atomic mass is 16.4. The van der Waals surface area contributed by atoms with E-state index in [1.54, 1.807) is 19.1 Å². The molecular weight excluding hydrogens is 290 g/mol. The average Bonchev–Trinajstić information content (AvgIpc) is 2.49. The number of hydrogen-bond donors (Lipinski definition) is 2. The van der Waals surface area contributed by atoms with Crippen LogP contribution in [0.2, 0.25) is 0 Å². The lowest BCUT2D eigenvalue weighted by molar-refractivity contribution is -0.124. The number of nitrogens with one attached hydrogen (secondary N) is 1. The molecule has 0 unspecified atom stereocenters. The van der Waals surface area contributed by atoms with E-state index in [2.05, 4.69) is 5.32 Å². The molecule has 0 aromatic heterocycles. The monoisotopic (exact) mass is 309 g/mol. The van der Waals surface area contributed by atoms with Gasteiger partial charge in [0.05, 0.1) is 11.0 Å². The van der Waals surface area contributed by atoms with Gasteiger partial charge in [0.15, 0.2) is 0 Å². The molecule has 4 heteroatoms. The zero-order chi connectivity index (χ0) is 16.4. The largest absolute Gasteiger partial charge is 0.478 e. The first-order valence-corrected chi connectivity index (χ1v) is 7.74. The van der Waals surface area contributed by atoms with Crippen molar-refractivity contribution in [1.29, 1.82) is 0 Å². The minimum Gasteiger partial charge on any atom is -0.478 e. The van der Waals surface area contributed by atoms with Gasteiger partial charge in [-0.25, -0.2) is 4.79 Å². The number of hydrogen-bond acceptors (Lipinski definition) is 2. The van der Waals surface area contributed by atoms with Gasteiger partial charge in [-0.2, -0.15) is 0 Å². The van der Waals surface area contributed by atoms with Gasteiger partial charge >= 0.3 is 5.97 Å². The third-order valence-corrected chi connectivity index (χ3v) is 4.69. The highest BCUT2D eigenvalue weighted by Crippen LogP contribution is 2.44. The van der Waals surface area contributed by atoms with E-state index in [-0.39, 0.29) is 11.5 Å². The van der Waals surface area contributed by atoms with E-state index < -0.39 is 11.4 Å². The van der Waals surface area contributed by atoms with Crippen LogP contribution in [0.25, 0.3) is 0 Å². The lowest BCUT2D eigenvalue weighted by Gasteiger charge is -2.40. The maximum Gasteiger partial charge on any atom is 0.336 e. The maximum absolute atomic E-state index is 12.8. The Balaban J connectivity index is 1.87. The summed E-state index contributed by atoms with van der Waals surface area (Å²) in [6, 6.07) is 14.8. The van der Waals surface area contributed by atoms with Crippen LogP contribution in [0.1, 0.15) is 40.7 Å². The number of amides is 1. The molecule has 0 spiro atoms. The fourth-order valence-corrected chi connectivity index (χ4v) is 3.12. The summed E-state index contributed by atoms with van der Waals surface area (Å²) in [6.45, 7) is 1.74. The van der Waals surface area contributed by atoms with Crippen LogP contribution in [0.5, 0.6) is 0 Å². The zero-order valence-electron chi connectivity index (χ0n) is 13.0. The molecule has 23 heavy (non-hydrogen) atoms. The minimum absolute atomic E-state index is 0.0601. The van der Waals surface area contributed by atoms with Crippen LogP contribution in [-0.2, 0) is 10.2 Å². The summed E-state index contributed by atoms with van der Waals surface area (Å²) in [6.07, 6.45) is 2.66. The van der Waals surface area contributed by atoms with Crippen molar-refractivity contribution in [2.75, 3.05) is 5.32 Å². The first-order valence-electron chi connectivity index (χ1n) is 7.74. The van der Waals surface area contributed by atoms with Crippen molar-refractivity contribution >= 4 is 17.6 Å². The molecule has 0 radical (unpaired) electrons. The molecular formula is C19H19NO3. The van der Waals surface area contributed by atoms with Crippen LogP contribution in [0.4, 0.5) is 5.69 Å². The quantitative estimate of drug-likeness (QED) is 0.904. The number of aryl methyl sites for hydroxylation is 1. The molecule has 0 atom stereocenters. The topological polar surface area (TPSA) is 66.4 Å². The van der Waals surface area contributed by atoms with Gasteiger partial charge < -0.3 is 10.4 Å². The van der Waals surface area contributed by atoms with Crippen molar-refractivity contribution in [2.24, 2.45) is 0 Å². The molecule has 4 nitrogen and oxygen atoms in total. The van der Waals surface area contributed by atoms with E-state index in [4.69, 9.17) is 0 Å². The van der Waals surface area contributed by atoms with E-state index >= 15 is 0 Å². The molecule has 1 aliphatic carbocycles. The average molecular weight is 309 g/mol. The Morgan fingerprint density at radius 1 is 1.09 bits per heavy atom. The van der Waals surface area contributed by atoms with Crippen LogP contribution in [0, 0.1) is 6.92 Å². The number of carboxylic acid groups (broad SMARTS) is 1. The Morgan fingerprint density at radius 2 is 1.78 bits per heavy atom. The number of benzene rings is 2. The van der Waals surface area contributed by atoms with E-state index in [0.29, 0.717) is 11.3 Å². The summed E-state index contributed by atoms with van der Waals surface area (Å²) < 4.78 is 0. The van der Waals surface area contributed by atoms with Crippen molar-refractivity contribution in [3.63, 3.8) is 0 Å². The standard InChI is InChI=1S/C19H19NO3/c1-13-8-9-15(12-16(13)17(21)22)20-18(23)19(10-5-11-19)14-6-3-2-4-7-14/h2-4,6-9,12H,5,10-11H2,1H3,(H,20,23)(H,21,22). The number of carboxylic acids is 1. The fraction of sp³-hybridized carbons (Fsp3) is 0.263. The van der Waals surface area contributed by atoms with E-state index in [9.17, 15) is 14.7 Å². The van der Waals surface area contributed by atoms with Gasteiger partial charge in [0.25, 0.3) is 0 Å². The molecule has 0 aliphatic heterocycles. The van der Waals surface area contributed by atoms with Gasteiger partial charge in [-0.15, -0.1) is 0 Å². The molecule has 1 saturated carbocycles. The van der Waals surface area contributed by atoms with Gasteiger partial charge in [-0.1, -0.05) is 42.8 Å². The second-order valence-corrected chi connectivity index (χ2v) is 6.09. The Morgan fingerprint density at radius 3 is 2.35 bits per heavy atom. The van der Waals surface area contributed by atoms with Crippen LogP contribution < -0.4 is 5.32 Å². The van der Waals surface area contributed by atoms with Crippen molar-refractivity contribution in [3.8, 4) is 0 Å². The summed E-state index contributed by atoms with van der Waals surface area (Å²) in [7, 11) is 0. The molecule has 1 fully saturated rings. The Kier molecular flexibility index (Phi) is 3.90. The first-order chi connectivity index (χ1) is 11.0. The number of carbonyl (C=O) groups is 2. The summed E-state index contributed by atoms with van der Waals surface area (Å²) >= 11 is 0. The molecule has 2 aromatic carbocycles. The predicted octanol–water partition coefficient (Wildman–Crippen LogP) is 3.75. The third-order valence-electron chi connectivity index (χ3n) is 4.69. The van der Waals surface area contributed by atoms with Crippen LogP contribution in [0.15, 0.2) is 48.5 Å². The number of anilines is 1. The Hall–Kier alpha value is -2.62. The van der Waals surface area contributed by atoms with Crippen LogP contribution >= 0.6 is 0 Å². The van der Waals surface area contributed by atoms with E-state index in [1.165, 1.54) is 6.07 Å². The van der Waals surface area contributed by atoms with Crippen LogP contribution in [0.3, 0.4) is 0 Å². The predicted molar refractivity (Wildman–Crippen MR) is 88.7 cm³/mol. The highest BCUT2D eigenvalue weighted by molar-refractivity contribution is 6.01.